The average molecular weight is 529 g/mol. The molecule has 0 spiro atoms. The second kappa shape index (κ2) is 10.2. The van der Waals surface area contributed by atoms with E-state index >= 15 is 0 Å². The van der Waals surface area contributed by atoms with E-state index in [9.17, 15) is 0 Å². The Hall–Kier alpha value is -4.59. The Morgan fingerprint density at radius 3 is 2.55 bits per heavy atom. The van der Waals surface area contributed by atoms with Gasteiger partial charge in [-0.25, -0.2) is 9.97 Å². The molecule has 7 rings (SSSR count). The minimum absolute atomic E-state index is 0.595. The number of hydrogen-bond acceptors (Lipinski definition) is 5. The highest BCUT2D eigenvalue weighted by Gasteiger charge is 2.22. The molecule has 3 aromatic heterocycles. The lowest BCUT2D eigenvalue weighted by molar-refractivity contribution is 0.626. The Balaban J connectivity index is 1.23. The second-order valence-corrected chi connectivity index (χ2v) is 10.9. The molecule has 0 unspecified atom stereocenters. The third kappa shape index (κ3) is 4.70. The molecule has 1 saturated carbocycles. The van der Waals surface area contributed by atoms with Gasteiger partial charge in [-0.15, -0.1) is 10.2 Å². The van der Waals surface area contributed by atoms with Crippen LogP contribution in [0, 0.1) is 12.8 Å². The van der Waals surface area contributed by atoms with Gasteiger partial charge in [0.1, 0.15) is 5.82 Å². The molecule has 0 aliphatic heterocycles. The first kappa shape index (κ1) is 24.5. The van der Waals surface area contributed by atoms with Crippen LogP contribution >= 0.6 is 0 Å². The summed E-state index contributed by atoms with van der Waals surface area (Å²) in [4.78, 5) is 9.86. The average Bonchev–Trinajstić information content (AvgIpc) is 3.31. The molecule has 0 radical (unpaired) electrons. The monoisotopic (exact) mass is 528 g/mol. The second-order valence-electron chi connectivity index (χ2n) is 10.9. The smallest absolute Gasteiger partial charge is 0.205 e. The molecule has 200 valence electrons. The lowest BCUT2D eigenvalue weighted by atomic mass is 9.98. The molecule has 1 aliphatic carbocycles. The van der Waals surface area contributed by atoms with Crippen molar-refractivity contribution in [1.82, 2.24) is 39.7 Å². The van der Waals surface area contributed by atoms with E-state index in [1.165, 1.54) is 29.5 Å². The van der Waals surface area contributed by atoms with Gasteiger partial charge in [-0.3, -0.25) is 0 Å². The van der Waals surface area contributed by atoms with Gasteiger partial charge in [0.2, 0.25) is 5.82 Å². The summed E-state index contributed by atoms with van der Waals surface area (Å²) in [6, 6.07) is 21.4. The van der Waals surface area contributed by atoms with E-state index in [4.69, 9.17) is 9.97 Å². The number of aromatic nitrogens is 8. The maximum absolute atomic E-state index is 5.11. The van der Waals surface area contributed by atoms with Crippen LogP contribution in [0.1, 0.15) is 43.1 Å². The van der Waals surface area contributed by atoms with E-state index in [2.05, 4.69) is 92.3 Å². The van der Waals surface area contributed by atoms with Crippen molar-refractivity contribution in [1.29, 1.82) is 0 Å². The van der Waals surface area contributed by atoms with Crippen molar-refractivity contribution in [3.05, 3.63) is 90.1 Å². The fourth-order valence-corrected chi connectivity index (χ4v) is 5.56. The highest BCUT2D eigenvalue weighted by Crippen LogP contribution is 2.33. The van der Waals surface area contributed by atoms with Gasteiger partial charge in [0.15, 0.2) is 0 Å². The minimum Gasteiger partial charge on any atom is -0.337 e. The van der Waals surface area contributed by atoms with Crippen molar-refractivity contribution in [2.45, 2.75) is 52.6 Å². The van der Waals surface area contributed by atoms with E-state index in [1.54, 1.807) is 0 Å². The van der Waals surface area contributed by atoms with Gasteiger partial charge in [-0.05, 0) is 71.7 Å². The molecule has 1 aliphatic rings. The predicted octanol–water partition coefficient (Wildman–Crippen LogP) is 6.47. The molecule has 0 bridgehead atoms. The van der Waals surface area contributed by atoms with Crippen LogP contribution in [0.4, 0.5) is 0 Å². The molecule has 0 amide bonds. The molecule has 3 heterocycles. The van der Waals surface area contributed by atoms with Crippen LogP contribution in [0.2, 0.25) is 0 Å². The fraction of sp³-hybridized carbons (Fsp3) is 0.281. The lowest BCUT2D eigenvalue weighted by Crippen LogP contribution is -2.05. The largest absolute Gasteiger partial charge is 0.337 e. The molecular formula is C32H32N8. The van der Waals surface area contributed by atoms with Crippen LogP contribution in [0.5, 0.6) is 0 Å². The van der Waals surface area contributed by atoms with Crippen molar-refractivity contribution in [2.24, 2.45) is 5.92 Å². The maximum Gasteiger partial charge on any atom is 0.205 e. The first-order valence-electron chi connectivity index (χ1n) is 14.1. The molecule has 6 aromatic rings. The zero-order valence-electron chi connectivity index (χ0n) is 22.9. The van der Waals surface area contributed by atoms with Crippen LogP contribution < -0.4 is 0 Å². The lowest BCUT2D eigenvalue weighted by Gasteiger charge is -2.12. The summed E-state index contributed by atoms with van der Waals surface area (Å²) >= 11 is 0. The number of hydrogen-bond donors (Lipinski definition) is 1. The van der Waals surface area contributed by atoms with Gasteiger partial charge >= 0.3 is 0 Å². The first-order valence-corrected chi connectivity index (χ1v) is 14.1. The summed E-state index contributed by atoms with van der Waals surface area (Å²) < 4.78 is 4.63. The van der Waals surface area contributed by atoms with E-state index in [0.29, 0.717) is 5.82 Å². The Morgan fingerprint density at radius 1 is 0.975 bits per heavy atom. The standard InChI is InChI=1S/C32H32N8/c1-3-6-30-34-31-21(2)15-25(28-19-39(20-33-28)17-22-9-10-22)16-29(31)40(30)18-23-11-13-24(14-12-23)26-7-4-5-8-27(26)32-35-37-38-36-32/h4-5,7-8,11-16,19-20,22H,3,6,9-10,17-18H2,1-2H3,(H,35,36,37,38). The number of aromatic amines is 1. The minimum atomic E-state index is 0.595. The van der Waals surface area contributed by atoms with Crippen molar-refractivity contribution in [2.75, 3.05) is 0 Å². The predicted molar refractivity (Wildman–Crippen MR) is 157 cm³/mol. The number of aryl methyl sites for hydroxylation is 2. The Morgan fingerprint density at radius 2 is 1.80 bits per heavy atom. The highest BCUT2D eigenvalue weighted by molar-refractivity contribution is 5.85. The van der Waals surface area contributed by atoms with E-state index in [-0.39, 0.29) is 0 Å². The van der Waals surface area contributed by atoms with E-state index < -0.39 is 0 Å². The number of nitrogens with one attached hydrogen (secondary N) is 1. The fourth-order valence-electron chi connectivity index (χ4n) is 5.56. The van der Waals surface area contributed by atoms with Crippen molar-refractivity contribution >= 4 is 11.0 Å². The third-order valence-electron chi connectivity index (χ3n) is 7.81. The number of imidazole rings is 2. The first-order chi connectivity index (χ1) is 19.7. The van der Waals surface area contributed by atoms with Gasteiger partial charge in [-0.1, -0.05) is 55.5 Å². The van der Waals surface area contributed by atoms with Gasteiger partial charge < -0.3 is 9.13 Å². The molecule has 8 nitrogen and oxygen atoms in total. The maximum atomic E-state index is 5.11. The van der Waals surface area contributed by atoms with E-state index in [1.807, 2.05) is 24.5 Å². The molecule has 40 heavy (non-hydrogen) atoms. The molecule has 1 fully saturated rings. The Labute approximate surface area is 233 Å². The zero-order valence-corrected chi connectivity index (χ0v) is 22.9. The van der Waals surface area contributed by atoms with Gasteiger partial charge in [-0.2, -0.15) is 5.21 Å². The summed E-state index contributed by atoms with van der Waals surface area (Å²) in [6.07, 6.45) is 8.83. The number of H-pyrrole nitrogens is 1. The zero-order chi connectivity index (χ0) is 27.1. The number of benzene rings is 3. The molecule has 8 heteroatoms. The SMILES string of the molecule is CCCc1nc2c(C)cc(-c3cn(CC4CC4)cn3)cc2n1Cc1ccc(-c2ccccc2-c2nn[nH]n2)cc1. The van der Waals surface area contributed by atoms with Crippen molar-refractivity contribution < 1.29 is 0 Å². The number of fused-ring (bicyclic) bond motifs is 1. The number of nitrogens with zero attached hydrogens (tertiary/aromatic N) is 7. The van der Waals surface area contributed by atoms with Gasteiger partial charge in [0.05, 0.1) is 23.1 Å². The van der Waals surface area contributed by atoms with Crippen molar-refractivity contribution in [3.8, 4) is 33.8 Å². The Bertz CT molecular complexity index is 1770. The summed E-state index contributed by atoms with van der Waals surface area (Å²) in [5.74, 6) is 2.55. The van der Waals surface area contributed by atoms with Gasteiger partial charge in [0, 0.05) is 36.8 Å². The topological polar surface area (TPSA) is 90.1 Å². The summed E-state index contributed by atoms with van der Waals surface area (Å²) in [6.45, 7) is 6.21. The highest BCUT2D eigenvalue weighted by atomic mass is 15.5. The van der Waals surface area contributed by atoms with Crippen LogP contribution in [0.25, 0.3) is 44.8 Å². The van der Waals surface area contributed by atoms with Crippen LogP contribution in [0.3, 0.4) is 0 Å². The van der Waals surface area contributed by atoms with Gasteiger partial charge in [0.25, 0.3) is 0 Å². The third-order valence-corrected chi connectivity index (χ3v) is 7.81. The molecular weight excluding hydrogens is 496 g/mol. The molecule has 3 aromatic carbocycles. The molecule has 1 N–H and O–H groups in total. The summed E-state index contributed by atoms with van der Waals surface area (Å²) in [5, 5.41) is 14.7. The Kier molecular flexibility index (Phi) is 6.23. The molecule has 0 atom stereocenters. The number of tetrazole rings is 1. The van der Waals surface area contributed by atoms with Crippen LogP contribution in [0.15, 0.2) is 73.2 Å². The normalized spacial score (nSPS) is 13.3. The van der Waals surface area contributed by atoms with Crippen LogP contribution in [-0.4, -0.2) is 39.7 Å². The molecule has 0 saturated heterocycles. The van der Waals surface area contributed by atoms with Crippen molar-refractivity contribution in [3.63, 3.8) is 0 Å². The summed E-state index contributed by atoms with van der Waals surface area (Å²) in [5.41, 5.74) is 10.00. The van der Waals surface area contributed by atoms with E-state index in [0.717, 1.165) is 71.1 Å². The number of rotatable bonds is 9. The van der Waals surface area contributed by atoms with Crippen LogP contribution in [-0.2, 0) is 19.5 Å². The quantitative estimate of drug-likeness (QED) is 0.232. The summed E-state index contributed by atoms with van der Waals surface area (Å²) in [7, 11) is 0.